The lowest BCUT2D eigenvalue weighted by Crippen LogP contribution is -2.34. The third kappa shape index (κ3) is 3.91. The van der Waals surface area contributed by atoms with Crippen LogP contribution in [0.4, 0.5) is 4.39 Å². The third-order valence-electron chi connectivity index (χ3n) is 3.49. The first-order chi connectivity index (χ1) is 9.06. The van der Waals surface area contributed by atoms with Gasteiger partial charge in [-0.05, 0) is 37.0 Å². The van der Waals surface area contributed by atoms with Crippen molar-refractivity contribution in [3.63, 3.8) is 0 Å². The number of aliphatic hydroxyl groups is 1. The van der Waals surface area contributed by atoms with Crippen LogP contribution in [0.15, 0.2) is 18.2 Å². The van der Waals surface area contributed by atoms with Crippen molar-refractivity contribution in [2.45, 2.75) is 38.3 Å². The van der Waals surface area contributed by atoms with E-state index >= 15 is 0 Å². The van der Waals surface area contributed by atoms with Gasteiger partial charge in [-0.15, -0.1) is 0 Å². The Hall–Kier alpha value is -1.13. The van der Waals surface area contributed by atoms with Gasteiger partial charge in [-0.2, -0.15) is 0 Å². The second kappa shape index (κ2) is 6.35. The zero-order valence-corrected chi connectivity index (χ0v) is 11.3. The van der Waals surface area contributed by atoms with Crippen molar-refractivity contribution >= 4 is 17.5 Å². The van der Waals surface area contributed by atoms with Crippen LogP contribution in [-0.2, 0) is 11.3 Å². The number of rotatable bonds is 3. The Morgan fingerprint density at radius 2 is 2.26 bits per heavy atom. The maximum Gasteiger partial charge on any atom is 0.223 e. The number of benzene rings is 1. The third-order valence-corrected chi connectivity index (χ3v) is 3.84. The molecule has 3 nitrogen and oxygen atoms in total. The van der Waals surface area contributed by atoms with E-state index in [4.69, 9.17) is 11.6 Å². The Labute approximate surface area is 116 Å². The minimum absolute atomic E-state index is 0.0702. The summed E-state index contributed by atoms with van der Waals surface area (Å²) in [6.45, 7) is 0.282. The molecule has 2 N–H and O–H groups in total. The summed E-state index contributed by atoms with van der Waals surface area (Å²) < 4.78 is 12.9. The molecule has 5 heteroatoms. The maximum absolute atomic E-state index is 12.9. The molecule has 19 heavy (non-hydrogen) atoms. The van der Waals surface area contributed by atoms with Gasteiger partial charge in [0.15, 0.2) is 0 Å². The predicted octanol–water partition coefficient (Wildman–Crippen LogP) is 2.65. The van der Waals surface area contributed by atoms with Gasteiger partial charge in [0.2, 0.25) is 5.91 Å². The van der Waals surface area contributed by atoms with Crippen LogP contribution < -0.4 is 5.32 Å². The van der Waals surface area contributed by atoms with Gasteiger partial charge in [-0.25, -0.2) is 4.39 Å². The van der Waals surface area contributed by atoms with Crippen molar-refractivity contribution < 1.29 is 14.3 Å². The molecule has 1 amide bonds. The molecule has 0 radical (unpaired) electrons. The van der Waals surface area contributed by atoms with Crippen LogP contribution in [0.1, 0.15) is 31.2 Å². The Morgan fingerprint density at radius 1 is 1.47 bits per heavy atom. The summed E-state index contributed by atoms with van der Waals surface area (Å²) in [7, 11) is 0. The smallest absolute Gasteiger partial charge is 0.223 e. The van der Waals surface area contributed by atoms with Gasteiger partial charge < -0.3 is 10.4 Å². The largest absolute Gasteiger partial charge is 0.393 e. The van der Waals surface area contributed by atoms with Gasteiger partial charge in [-0.1, -0.05) is 24.1 Å². The van der Waals surface area contributed by atoms with E-state index in [2.05, 4.69) is 5.32 Å². The van der Waals surface area contributed by atoms with Crippen LogP contribution >= 0.6 is 11.6 Å². The molecule has 0 aromatic heterocycles. The van der Waals surface area contributed by atoms with E-state index in [9.17, 15) is 14.3 Å². The maximum atomic E-state index is 12.9. The molecule has 1 aliphatic carbocycles. The minimum Gasteiger partial charge on any atom is -0.393 e. The highest BCUT2D eigenvalue weighted by molar-refractivity contribution is 6.31. The van der Waals surface area contributed by atoms with Gasteiger partial charge >= 0.3 is 0 Å². The molecule has 1 aliphatic rings. The van der Waals surface area contributed by atoms with Crippen LogP contribution in [0, 0.1) is 11.7 Å². The van der Waals surface area contributed by atoms with Crippen LogP contribution in [0.25, 0.3) is 0 Å². The van der Waals surface area contributed by atoms with Crippen LogP contribution in [0.3, 0.4) is 0 Å². The quantitative estimate of drug-likeness (QED) is 0.897. The zero-order valence-electron chi connectivity index (χ0n) is 10.5. The molecule has 0 aliphatic heterocycles. The molecule has 2 atom stereocenters. The SMILES string of the molecule is O=C(NCc1ccc(F)cc1Cl)[C@H]1CCC[C@H](O)C1. The number of aliphatic hydroxyl groups excluding tert-OH is 1. The summed E-state index contributed by atoms with van der Waals surface area (Å²) >= 11 is 5.89. The number of hydrogen-bond donors (Lipinski definition) is 2. The predicted molar refractivity (Wildman–Crippen MR) is 71.2 cm³/mol. The van der Waals surface area contributed by atoms with E-state index in [0.29, 0.717) is 17.0 Å². The average molecular weight is 286 g/mol. The van der Waals surface area contributed by atoms with Gasteiger partial charge in [-0.3, -0.25) is 4.79 Å². The highest BCUT2D eigenvalue weighted by atomic mass is 35.5. The first kappa shape index (κ1) is 14.3. The van der Waals surface area contributed by atoms with E-state index in [1.807, 2.05) is 0 Å². The lowest BCUT2D eigenvalue weighted by Gasteiger charge is -2.25. The molecule has 0 spiro atoms. The molecule has 2 rings (SSSR count). The number of halogens is 2. The van der Waals surface area contributed by atoms with E-state index in [-0.39, 0.29) is 24.5 Å². The number of nitrogens with one attached hydrogen (secondary N) is 1. The van der Waals surface area contributed by atoms with Gasteiger partial charge in [0.25, 0.3) is 0 Å². The van der Waals surface area contributed by atoms with Gasteiger partial charge in [0.1, 0.15) is 5.82 Å². The summed E-state index contributed by atoms with van der Waals surface area (Å²) in [6, 6.07) is 4.11. The molecule has 0 heterocycles. The lowest BCUT2D eigenvalue weighted by molar-refractivity contribution is -0.127. The van der Waals surface area contributed by atoms with Crippen molar-refractivity contribution in [3.05, 3.63) is 34.6 Å². The van der Waals surface area contributed by atoms with E-state index in [1.165, 1.54) is 12.1 Å². The zero-order chi connectivity index (χ0) is 13.8. The Morgan fingerprint density at radius 3 is 2.95 bits per heavy atom. The van der Waals surface area contributed by atoms with Crippen LogP contribution in [0.2, 0.25) is 5.02 Å². The monoisotopic (exact) mass is 285 g/mol. The van der Waals surface area contributed by atoms with E-state index in [1.54, 1.807) is 6.07 Å². The fourth-order valence-corrected chi connectivity index (χ4v) is 2.63. The number of carbonyl (C=O) groups excluding carboxylic acids is 1. The number of hydrogen-bond acceptors (Lipinski definition) is 2. The minimum atomic E-state index is -0.393. The average Bonchev–Trinajstić information content (AvgIpc) is 2.37. The van der Waals surface area contributed by atoms with Crippen molar-refractivity contribution in [2.75, 3.05) is 0 Å². The van der Waals surface area contributed by atoms with Crippen molar-refractivity contribution in [1.82, 2.24) is 5.32 Å². The normalized spacial score (nSPS) is 23.1. The van der Waals surface area contributed by atoms with Crippen molar-refractivity contribution in [2.24, 2.45) is 5.92 Å². The molecule has 0 saturated heterocycles. The molecule has 104 valence electrons. The van der Waals surface area contributed by atoms with Crippen molar-refractivity contribution in [1.29, 1.82) is 0 Å². The summed E-state index contributed by atoms with van der Waals surface area (Å²) in [5, 5.41) is 12.6. The Bertz CT molecular complexity index is 467. The van der Waals surface area contributed by atoms with E-state index in [0.717, 1.165) is 19.3 Å². The summed E-state index contributed by atoms with van der Waals surface area (Å²) in [5.41, 5.74) is 0.688. The summed E-state index contributed by atoms with van der Waals surface area (Å²) in [5.74, 6) is -0.599. The number of amides is 1. The second-order valence-corrected chi connectivity index (χ2v) is 5.38. The molecule has 1 saturated carbocycles. The molecule has 0 bridgehead atoms. The van der Waals surface area contributed by atoms with Crippen LogP contribution in [-0.4, -0.2) is 17.1 Å². The second-order valence-electron chi connectivity index (χ2n) is 4.97. The van der Waals surface area contributed by atoms with Crippen LogP contribution in [0.5, 0.6) is 0 Å². The summed E-state index contributed by atoms with van der Waals surface area (Å²) in [6.07, 6.45) is 2.59. The first-order valence-corrected chi connectivity index (χ1v) is 6.84. The molecular formula is C14H17ClFNO2. The molecule has 0 unspecified atom stereocenters. The van der Waals surface area contributed by atoms with Gasteiger partial charge in [0.05, 0.1) is 6.10 Å². The highest BCUT2D eigenvalue weighted by Gasteiger charge is 2.25. The standard InChI is InChI=1S/C14H17ClFNO2/c15-13-7-11(16)5-4-10(13)8-17-14(19)9-2-1-3-12(18)6-9/h4-5,7,9,12,18H,1-3,6,8H2,(H,17,19)/t9-,12-/m0/s1. The lowest BCUT2D eigenvalue weighted by atomic mass is 9.86. The molecular weight excluding hydrogens is 269 g/mol. The molecule has 1 aromatic carbocycles. The molecule has 1 aromatic rings. The van der Waals surface area contributed by atoms with Gasteiger partial charge in [0, 0.05) is 17.5 Å². The fraction of sp³-hybridized carbons (Fsp3) is 0.500. The fourth-order valence-electron chi connectivity index (χ4n) is 2.39. The molecule has 1 fully saturated rings. The highest BCUT2D eigenvalue weighted by Crippen LogP contribution is 2.24. The Balaban J connectivity index is 1.89. The number of carbonyl (C=O) groups is 1. The van der Waals surface area contributed by atoms with E-state index < -0.39 is 5.82 Å². The topological polar surface area (TPSA) is 49.3 Å². The summed E-state index contributed by atoms with van der Waals surface area (Å²) in [4.78, 5) is 12.0. The first-order valence-electron chi connectivity index (χ1n) is 6.46. The van der Waals surface area contributed by atoms with Crippen molar-refractivity contribution in [3.8, 4) is 0 Å². The Kier molecular flexibility index (Phi) is 4.77.